The molecule has 0 amide bonds. The molecule has 0 fully saturated rings. The molecule has 1 aliphatic rings. The van der Waals surface area contributed by atoms with Crippen molar-refractivity contribution in [2.75, 3.05) is 10.6 Å². The molecule has 0 spiro atoms. The molecule has 1 aliphatic heterocycles. The second-order valence-electron chi connectivity index (χ2n) is 7.33. The Kier molecular flexibility index (Phi) is 2.84. The molecule has 6 rings (SSSR count). The highest BCUT2D eigenvalue weighted by molar-refractivity contribution is 6.26. The molecule has 27 heavy (non-hydrogen) atoms. The van der Waals surface area contributed by atoms with Gasteiger partial charge >= 0.3 is 0 Å². The third kappa shape index (κ3) is 2.07. The normalized spacial score (nSPS) is 12.5. The summed E-state index contributed by atoms with van der Waals surface area (Å²) < 4.78 is 0. The van der Waals surface area contributed by atoms with Gasteiger partial charge < -0.3 is 10.6 Å². The van der Waals surface area contributed by atoms with Crippen LogP contribution >= 0.6 is 0 Å². The highest BCUT2D eigenvalue weighted by atomic mass is 15.0. The summed E-state index contributed by atoms with van der Waals surface area (Å²) in [5.41, 5.74) is 5.76. The minimum Gasteiger partial charge on any atom is -0.352 e. The first kappa shape index (κ1) is 14.6. The van der Waals surface area contributed by atoms with Gasteiger partial charge in [0.2, 0.25) is 0 Å². The van der Waals surface area contributed by atoms with Gasteiger partial charge in [0.15, 0.2) is 0 Å². The lowest BCUT2D eigenvalue weighted by atomic mass is 9.93. The zero-order chi connectivity index (χ0) is 18.0. The quantitative estimate of drug-likeness (QED) is 0.283. The van der Waals surface area contributed by atoms with Crippen LogP contribution in [0.5, 0.6) is 0 Å². The molecule has 5 aromatic rings. The van der Waals surface area contributed by atoms with E-state index in [2.05, 4.69) is 96.4 Å². The van der Waals surface area contributed by atoms with Gasteiger partial charge in [-0.05, 0) is 69.1 Å². The summed E-state index contributed by atoms with van der Waals surface area (Å²) in [6, 6.07) is 28.4. The summed E-state index contributed by atoms with van der Waals surface area (Å²) >= 11 is 0. The molecule has 128 valence electrons. The summed E-state index contributed by atoms with van der Waals surface area (Å²) in [4.78, 5) is 0. The van der Waals surface area contributed by atoms with Gasteiger partial charge in [-0.15, -0.1) is 0 Å². The van der Waals surface area contributed by atoms with Crippen molar-refractivity contribution in [2.24, 2.45) is 0 Å². The maximum absolute atomic E-state index is 3.62. The van der Waals surface area contributed by atoms with Crippen molar-refractivity contribution in [1.82, 2.24) is 0 Å². The van der Waals surface area contributed by atoms with E-state index in [1.54, 1.807) is 0 Å². The van der Waals surface area contributed by atoms with Gasteiger partial charge in [-0.1, -0.05) is 54.6 Å². The van der Waals surface area contributed by atoms with Gasteiger partial charge in [-0.3, -0.25) is 0 Å². The molecule has 2 heteroatoms. The fourth-order valence-electron chi connectivity index (χ4n) is 4.32. The van der Waals surface area contributed by atoms with E-state index in [1.165, 1.54) is 37.9 Å². The Hall–Kier alpha value is -3.52. The topological polar surface area (TPSA) is 24.1 Å². The van der Waals surface area contributed by atoms with Crippen LogP contribution in [0.3, 0.4) is 0 Å². The standard InChI is InChI=1S/C25H18N2/c1-15-10-11-22-23(12-15)27-25-14-21-19-9-5-3-7-17(19)16-6-2-4-8-18(16)20(21)13-24(25)26-22/h2-14,26-27H,1H3. The first-order valence-corrected chi connectivity index (χ1v) is 9.30. The molecule has 0 aliphatic carbocycles. The Bertz CT molecular complexity index is 1380. The highest BCUT2D eigenvalue weighted by Gasteiger charge is 2.17. The van der Waals surface area contributed by atoms with Gasteiger partial charge in [-0.2, -0.15) is 0 Å². The minimum absolute atomic E-state index is 1.12. The van der Waals surface area contributed by atoms with Crippen LogP contribution < -0.4 is 10.6 Å². The predicted molar refractivity (Wildman–Crippen MR) is 117 cm³/mol. The van der Waals surface area contributed by atoms with E-state index in [9.17, 15) is 0 Å². The Morgan fingerprint density at radius 1 is 0.444 bits per heavy atom. The van der Waals surface area contributed by atoms with Gasteiger partial charge in [0.1, 0.15) is 0 Å². The van der Waals surface area contributed by atoms with Crippen LogP contribution in [0.1, 0.15) is 5.56 Å². The van der Waals surface area contributed by atoms with Crippen LogP contribution in [0.4, 0.5) is 22.7 Å². The molecule has 5 aromatic carbocycles. The molecule has 0 bridgehead atoms. The number of hydrogen-bond acceptors (Lipinski definition) is 2. The first-order valence-electron chi connectivity index (χ1n) is 9.30. The third-order valence-electron chi connectivity index (χ3n) is 5.60. The van der Waals surface area contributed by atoms with E-state index in [4.69, 9.17) is 0 Å². The third-order valence-corrected chi connectivity index (χ3v) is 5.60. The Morgan fingerprint density at radius 3 is 1.44 bits per heavy atom. The lowest BCUT2D eigenvalue weighted by Crippen LogP contribution is -2.06. The molecule has 2 N–H and O–H groups in total. The van der Waals surface area contributed by atoms with E-state index in [0.717, 1.165) is 22.7 Å². The molecule has 0 unspecified atom stereocenters. The maximum Gasteiger partial charge on any atom is 0.0630 e. The van der Waals surface area contributed by atoms with Crippen LogP contribution in [0.25, 0.3) is 32.3 Å². The Morgan fingerprint density at radius 2 is 0.889 bits per heavy atom. The lowest BCUT2D eigenvalue weighted by Gasteiger charge is -2.24. The van der Waals surface area contributed by atoms with Gasteiger partial charge in [0.05, 0.1) is 22.7 Å². The van der Waals surface area contributed by atoms with E-state index in [1.807, 2.05) is 0 Å². The van der Waals surface area contributed by atoms with Crippen LogP contribution in [0, 0.1) is 6.92 Å². The minimum atomic E-state index is 1.12. The number of benzene rings is 5. The number of hydrogen-bond donors (Lipinski definition) is 2. The number of nitrogens with one attached hydrogen (secondary N) is 2. The average Bonchev–Trinajstić information content (AvgIpc) is 2.71. The SMILES string of the molecule is Cc1ccc2c(c1)Nc1cc3c4ccccc4c4ccccc4c3cc1N2. The zero-order valence-corrected chi connectivity index (χ0v) is 15.0. The van der Waals surface area contributed by atoms with Crippen LogP contribution in [-0.4, -0.2) is 0 Å². The van der Waals surface area contributed by atoms with E-state index in [0.29, 0.717) is 0 Å². The number of rotatable bonds is 0. The molecular formula is C25H18N2. The molecule has 2 nitrogen and oxygen atoms in total. The average molecular weight is 346 g/mol. The first-order chi connectivity index (χ1) is 13.3. The molecular weight excluding hydrogens is 328 g/mol. The second-order valence-corrected chi connectivity index (χ2v) is 7.33. The monoisotopic (exact) mass is 346 g/mol. The lowest BCUT2D eigenvalue weighted by molar-refractivity contribution is 1.41. The maximum atomic E-state index is 3.62. The summed E-state index contributed by atoms with van der Waals surface area (Å²) in [7, 11) is 0. The summed E-state index contributed by atoms with van der Waals surface area (Å²) in [6.45, 7) is 2.12. The second kappa shape index (κ2) is 5.24. The molecule has 0 radical (unpaired) electrons. The van der Waals surface area contributed by atoms with E-state index >= 15 is 0 Å². The van der Waals surface area contributed by atoms with Crippen molar-refractivity contribution in [1.29, 1.82) is 0 Å². The Labute approximate surface area is 157 Å². The summed E-state index contributed by atoms with van der Waals surface area (Å²) in [5, 5.41) is 15.0. The fourth-order valence-corrected chi connectivity index (χ4v) is 4.32. The van der Waals surface area contributed by atoms with Crippen LogP contribution in [0.2, 0.25) is 0 Å². The van der Waals surface area contributed by atoms with Crippen molar-refractivity contribution in [3.63, 3.8) is 0 Å². The molecule has 0 atom stereocenters. The zero-order valence-electron chi connectivity index (χ0n) is 15.0. The van der Waals surface area contributed by atoms with Gasteiger partial charge in [0.25, 0.3) is 0 Å². The number of anilines is 4. The van der Waals surface area contributed by atoms with Crippen LogP contribution in [-0.2, 0) is 0 Å². The van der Waals surface area contributed by atoms with Gasteiger partial charge in [-0.25, -0.2) is 0 Å². The highest BCUT2D eigenvalue weighted by Crippen LogP contribution is 2.44. The molecule has 0 aromatic heterocycles. The molecule has 0 saturated heterocycles. The van der Waals surface area contributed by atoms with Crippen molar-refractivity contribution >= 4 is 55.1 Å². The van der Waals surface area contributed by atoms with E-state index in [-0.39, 0.29) is 0 Å². The molecule has 0 saturated carbocycles. The van der Waals surface area contributed by atoms with E-state index < -0.39 is 0 Å². The van der Waals surface area contributed by atoms with Crippen molar-refractivity contribution < 1.29 is 0 Å². The summed E-state index contributed by atoms with van der Waals surface area (Å²) in [5.74, 6) is 0. The van der Waals surface area contributed by atoms with Crippen molar-refractivity contribution in [2.45, 2.75) is 6.92 Å². The van der Waals surface area contributed by atoms with Crippen molar-refractivity contribution in [3.8, 4) is 0 Å². The van der Waals surface area contributed by atoms with Crippen LogP contribution in [0.15, 0.2) is 78.9 Å². The largest absolute Gasteiger partial charge is 0.352 e. The summed E-state index contributed by atoms with van der Waals surface area (Å²) in [6.07, 6.45) is 0. The molecule has 1 heterocycles. The van der Waals surface area contributed by atoms with Crippen molar-refractivity contribution in [3.05, 3.63) is 84.4 Å². The predicted octanol–water partition coefficient (Wildman–Crippen LogP) is 7.26. The number of fused-ring (bicyclic) bond motifs is 8. The van der Waals surface area contributed by atoms with Gasteiger partial charge in [0, 0.05) is 0 Å². The smallest absolute Gasteiger partial charge is 0.0630 e. The fraction of sp³-hybridized carbons (Fsp3) is 0.0400. The number of aryl methyl sites for hydroxylation is 1. The Balaban J connectivity index is 1.72.